The Morgan fingerprint density at radius 1 is 0.909 bits per heavy atom. The van der Waals surface area contributed by atoms with Crippen LogP contribution in [0.4, 0.5) is 22.0 Å². The van der Waals surface area contributed by atoms with Crippen molar-refractivity contribution in [2.75, 3.05) is 0 Å². The molecule has 116 valence electrons. The van der Waals surface area contributed by atoms with Crippen LogP contribution in [-0.2, 0) is 0 Å². The zero-order valence-corrected chi connectivity index (χ0v) is 12.9. The standard InChI is InChI=1S/C16H10BrF5/c1-9-2-3-12(8-13(9)17)10-4-6-11(7-5-10)14(15(18)19)16(20,21)22/h2-8H,1H3. The molecule has 2 rings (SSSR count). The third-order valence-electron chi connectivity index (χ3n) is 3.15. The van der Waals surface area contributed by atoms with Gasteiger partial charge in [-0.05, 0) is 35.2 Å². The number of rotatable bonds is 2. The first-order chi connectivity index (χ1) is 10.2. The number of allylic oxidation sites excluding steroid dienone is 1. The second kappa shape index (κ2) is 6.20. The van der Waals surface area contributed by atoms with E-state index in [1.165, 1.54) is 12.1 Å². The molecule has 22 heavy (non-hydrogen) atoms. The molecule has 0 aliphatic rings. The number of alkyl halides is 3. The molecule has 2 aromatic rings. The van der Waals surface area contributed by atoms with Gasteiger partial charge in [-0.15, -0.1) is 0 Å². The molecule has 0 atom stereocenters. The quantitative estimate of drug-likeness (QED) is 0.518. The molecule has 0 aliphatic heterocycles. The van der Waals surface area contributed by atoms with Crippen molar-refractivity contribution in [3.8, 4) is 11.1 Å². The van der Waals surface area contributed by atoms with E-state index in [2.05, 4.69) is 15.9 Å². The van der Waals surface area contributed by atoms with Gasteiger partial charge >= 0.3 is 6.18 Å². The van der Waals surface area contributed by atoms with Crippen molar-refractivity contribution in [2.24, 2.45) is 0 Å². The predicted octanol–water partition coefficient (Wildman–Crippen LogP) is 6.59. The Morgan fingerprint density at radius 2 is 1.45 bits per heavy atom. The van der Waals surface area contributed by atoms with Crippen LogP contribution in [0, 0.1) is 6.92 Å². The average Bonchev–Trinajstić information content (AvgIpc) is 2.41. The van der Waals surface area contributed by atoms with E-state index in [0.29, 0.717) is 5.56 Å². The Hall–Kier alpha value is -1.69. The molecule has 0 saturated carbocycles. The Kier molecular flexibility index (Phi) is 4.70. The summed E-state index contributed by atoms with van der Waals surface area (Å²) in [5, 5.41) is 0. The third kappa shape index (κ3) is 3.55. The van der Waals surface area contributed by atoms with Gasteiger partial charge in [0.05, 0.1) is 0 Å². The average molecular weight is 377 g/mol. The zero-order valence-electron chi connectivity index (χ0n) is 11.3. The van der Waals surface area contributed by atoms with Crippen LogP contribution in [0.25, 0.3) is 16.7 Å². The van der Waals surface area contributed by atoms with Gasteiger partial charge in [0.1, 0.15) is 5.57 Å². The molecule has 0 unspecified atom stereocenters. The van der Waals surface area contributed by atoms with Crippen molar-refractivity contribution in [3.05, 3.63) is 64.1 Å². The van der Waals surface area contributed by atoms with Gasteiger partial charge in [-0.3, -0.25) is 0 Å². The molecular weight excluding hydrogens is 367 g/mol. The van der Waals surface area contributed by atoms with Gasteiger partial charge < -0.3 is 0 Å². The summed E-state index contributed by atoms with van der Waals surface area (Å²) in [4.78, 5) is 0. The summed E-state index contributed by atoms with van der Waals surface area (Å²) in [6.45, 7) is 1.90. The highest BCUT2D eigenvalue weighted by Gasteiger charge is 2.38. The lowest BCUT2D eigenvalue weighted by Gasteiger charge is -2.11. The lowest BCUT2D eigenvalue weighted by atomic mass is 10.00. The molecule has 2 aromatic carbocycles. The minimum Gasteiger partial charge on any atom is -0.173 e. The van der Waals surface area contributed by atoms with E-state index in [0.717, 1.165) is 27.7 Å². The molecule has 0 radical (unpaired) electrons. The van der Waals surface area contributed by atoms with Gasteiger partial charge in [-0.1, -0.05) is 52.3 Å². The molecule has 0 fully saturated rings. The maximum absolute atomic E-state index is 12.6. The smallest absolute Gasteiger partial charge is 0.173 e. The van der Waals surface area contributed by atoms with Gasteiger partial charge in [0.2, 0.25) is 0 Å². The van der Waals surface area contributed by atoms with Crippen LogP contribution < -0.4 is 0 Å². The second-order valence-corrected chi connectivity index (χ2v) is 5.53. The predicted molar refractivity (Wildman–Crippen MR) is 79.5 cm³/mol. The highest BCUT2D eigenvalue weighted by Crippen LogP contribution is 2.38. The first kappa shape index (κ1) is 16.7. The van der Waals surface area contributed by atoms with Crippen LogP contribution in [-0.4, -0.2) is 6.18 Å². The lowest BCUT2D eigenvalue weighted by Crippen LogP contribution is -2.11. The Bertz CT molecular complexity index is 710. The number of aryl methyl sites for hydroxylation is 1. The van der Waals surface area contributed by atoms with Crippen molar-refractivity contribution in [3.63, 3.8) is 0 Å². The molecule has 0 heterocycles. The van der Waals surface area contributed by atoms with Crippen molar-refractivity contribution in [2.45, 2.75) is 13.1 Å². The van der Waals surface area contributed by atoms with Crippen LogP contribution in [0.15, 0.2) is 53.0 Å². The monoisotopic (exact) mass is 376 g/mol. The first-order valence-electron chi connectivity index (χ1n) is 6.19. The Balaban J connectivity index is 2.42. The molecule has 0 aromatic heterocycles. The summed E-state index contributed by atoms with van der Waals surface area (Å²) in [6.07, 6.45) is -7.83. The van der Waals surface area contributed by atoms with Crippen LogP contribution in [0.3, 0.4) is 0 Å². The van der Waals surface area contributed by atoms with E-state index in [4.69, 9.17) is 0 Å². The molecule has 0 bridgehead atoms. The molecule has 0 aliphatic carbocycles. The summed E-state index contributed by atoms with van der Waals surface area (Å²) >= 11 is 3.37. The number of benzene rings is 2. The fourth-order valence-corrected chi connectivity index (χ4v) is 2.36. The van der Waals surface area contributed by atoms with E-state index in [9.17, 15) is 22.0 Å². The molecule has 0 N–H and O–H groups in total. The van der Waals surface area contributed by atoms with Crippen molar-refractivity contribution < 1.29 is 22.0 Å². The van der Waals surface area contributed by atoms with Crippen molar-refractivity contribution in [1.29, 1.82) is 0 Å². The maximum atomic E-state index is 12.6. The normalized spacial score (nSPS) is 11.4. The van der Waals surface area contributed by atoms with Gasteiger partial charge in [0, 0.05) is 4.47 Å². The fourth-order valence-electron chi connectivity index (χ4n) is 1.98. The summed E-state index contributed by atoms with van der Waals surface area (Å²) in [7, 11) is 0. The van der Waals surface area contributed by atoms with E-state index in [-0.39, 0.29) is 0 Å². The fraction of sp³-hybridized carbons (Fsp3) is 0.125. The van der Waals surface area contributed by atoms with E-state index >= 15 is 0 Å². The van der Waals surface area contributed by atoms with E-state index < -0.39 is 23.4 Å². The minimum atomic E-state index is -5.09. The third-order valence-corrected chi connectivity index (χ3v) is 4.01. The van der Waals surface area contributed by atoms with Gasteiger partial charge in [0.15, 0.2) is 0 Å². The molecular formula is C16H10BrF5. The van der Waals surface area contributed by atoms with Gasteiger partial charge in [0.25, 0.3) is 6.08 Å². The second-order valence-electron chi connectivity index (χ2n) is 4.67. The van der Waals surface area contributed by atoms with Crippen LogP contribution in [0.1, 0.15) is 11.1 Å². The minimum absolute atomic E-state index is 0.553. The van der Waals surface area contributed by atoms with Crippen LogP contribution >= 0.6 is 15.9 Å². The van der Waals surface area contributed by atoms with Crippen LogP contribution in [0.5, 0.6) is 0 Å². The highest BCUT2D eigenvalue weighted by atomic mass is 79.9. The Labute approximate surface area is 132 Å². The van der Waals surface area contributed by atoms with E-state index in [1.807, 2.05) is 25.1 Å². The number of halogens is 6. The Morgan fingerprint density at radius 3 is 1.91 bits per heavy atom. The first-order valence-corrected chi connectivity index (χ1v) is 6.99. The topological polar surface area (TPSA) is 0 Å². The number of hydrogen-bond donors (Lipinski definition) is 0. The SMILES string of the molecule is Cc1ccc(-c2ccc(C(=C(F)F)C(F)(F)F)cc2)cc1Br. The largest absolute Gasteiger partial charge is 0.422 e. The highest BCUT2D eigenvalue weighted by molar-refractivity contribution is 9.10. The lowest BCUT2D eigenvalue weighted by molar-refractivity contribution is -0.0711. The van der Waals surface area contributed by atoms with Crippen LogP contribution in [0.2, 0.25) is 0 Å². The van der Waals surface area contributed by atoms with E-state index in [1.54, 1.807) is 0 Å². The van der Waals surface area contributed by atoms with Gasteiger partial charge in [-0.25, -0.2) is 0 Å². The maximum Gasteiger partial charge on any atom is 0.422 e. The van der Waals surface area contributed by atoms with Crippen molar-refractivity contribution in [1.82, 2.24) is 0 Å². The summed E-state index contributed by atoms with van der Waals surface area (Å²) in [5.74, 6) is 0. The number of hydrogen-bond acceptors (Lipinski definition) is 0. The molecule has 0 amide bonds. The molecule has 0 saturated heterocycles. The van der Waals surface area contributed by atoms with Gasteiger partial charge in [-0.2, -0.15) is 22.0 Å². The molecule has 0 nitrogen and oxygen atoms in total. The van der Waals surface area contributed by atoms with Crippen molar-refractivity contribution >= 4 is 21.5 Å². The zero-order chi connectivity index (χ0) is 16.5. The summed E-state index contributed by atoms with van der Waals surface area (Å²) in [5.41, 5.74) is -0.0127. The molecule has 0 spiro atoms. The summed E-state index contributed by atoms with van der Waals surface area (Å²) < 4.78 is 63.9. The molecule has 6 heteroatoms. The summed E-state index contributed by atoms with van der Waals surface area (Å²) in [6, 6.07) is 10.4.